The largest absolute Gasteiger partial charge is 0.455 e. The quantitative estimate of drug-likeness (QED) is 0.548. The summed E-state index contributed by atoms with van der Waals surface area (Å²) in [5.41, 5.74) is 0. The van der Waals surface area contributed by atoms with Gasteiger partial charge in [0.05, 0.1) is 6.42 Å². The zero-order chi connectivity index (χ0) is 10.6. The van der Waals surface area contributed by atoms with Crippen molar-refractivity contribution in [3.63, 3.8) is 0 Å². The Kier molecular flexibility index (Phi) is 3.45. The number of esters is 2. The molecule has 2 aliphatic heterocycles. The summed E-state index contributed by atoms with van der Waals surface area (Å²) >= 11 is 0. The molecule has 2 heterocycles. The molecule has 4 nitrogen and oxygen atoms in total. The lowest BCUT2D eigenvalue weighted by atomic mass is 10.4. The van der Waals surface area contributed by atoms with Crippen LogP contribution >= 0.6 is 0 Å². The summed E-state index contributed by atoms with van der Waals surface area (Å²) in [7, 11) is 0. The highest BCUT2D eigenvalue weighted by atomic mass is 16.5. The van der Waals surface area contributed by atoms with Gasteiger partial charge in [0.15, 0.2) is 0 Å². The predicted molar refractivity (Wildman–Crippen MR) is 49.2 cm³/mol. The Morgan fingerprint density at radius 1 is 1.43 bits per heavy atom. The first-order valence-electron chi connectivity index (χ1n) is 4.34. The van der Waals surface area contributed by atoms with Crippen molar-refractivity contribution >= 4 is 11.9 Å². The minimum Gasteiger partial charge on any atom is -0.455 e. The zero-order valence-electron chi connectivity index (χ0n) is 8.15. The Bertz CT molecular complexity index is 301. The summed E-state index contributed by atoms with van der Waals surface area (Å²) in [6, 6.07) is 0. The van der Waals surface area contributed by atoms with E-state index < -0.39 is 0 Å². The van der Waals surface area contributed by atoms with Crippen LogP contribution in [0.4, 0.5) is 0 Å². The molecule has 2 aliphatic rings. The molecule has 0 saturated heterocycles. The summed E-state index contributed by atoms with van der Waals surface area (Å²) in [5.74, 6) is 0.356. The number of rotatable bonds is 0. The molecule has 0 amide bonds. The lowest BCUT2D eigenvalue weighted by molar-refractivity contribution is -0.138. The molecule has 0 saturated carbocycles. The molecule has 0 fully saturated rings. The van der Waals surface area contributed by atoms with Crippen molar-refractivity contribution in [1.29, 1.82) is 0 Å². The molecular weight excluding hydrogens is 184 g/mol. The third-order valence-electron chi connectivity index (χ3n) is 1.64. The van der Waals surface area contributed by atoms with Crippen molar-refractivity contribution in [2.45, 2.75) is 26.4 Å². The minimum absolute atomic E-state index is 0.00694. The van der Waals surface area contributed by atoms with E-state index in [-0.39, 0.29) is 18.0 Å². The van der Waals surface area contributed by atoms with Crippen LogP contribution in [0.3, 0.4) is 0 Å². The molecule has 0 N–H and O–H groups in total. The van der Waals surface area contributed by atoms with Gasteiger partial charge in [-0.25, -0.2) is 4.79 Å². The summed E-state index contributed by atoms with van der Waals surface area (Å²) in [4.78, 5) is 20.3. The van der Waals surface area contributed by atoms with Crippen LogP contribution in [0.15, 0.2) is 24.0 Å². The lowest BCUT2D eigenvalue weighted by Crippen LogP contribution is -2.00. The molecule has 1 unspecified atom stereocenters. The summed E-state index contributed by atoms with van der Waals surface area (Å²) in [6.45, 7) is 3.59. The second-order valence-corrected chi connectivity index (χ2v) is 2.99. The monoisotopic (exact) mass is 196 g/mol. The van der Waals surface area contributed by atoms with E-state index in [1.54, 1.807) is 19.1 Å². The lowest BCUT2D eigenvalue weighted by Gasteiger charge is -1.95. The van der Waals surface area contributed by atoms with E-state index in [9.17, 15) is 9.59 Å². The standard InChI is InChI=1S/2C5H6O2/c2*1-4-2-3-5(6)7-4/h2H,3H2,1H3;2-4H,1H3. The maximum Gasteiger partial charge on any atom is 0.331 e. The maximum atomic E-state index is 10.2. The van der Waals surface area contributed by atoms with Crippen LogP contribution < -0.4 is 0 Å². The Hall–Kier alpha value is -1.58. The molecule has 0 aromatic heterocycles. The maximum absolute atomic E-state index is 10.2. The zero-order valence-corrected chi connectivity index (χ0v) is 8.15. The van der Waals surface area contributed by atoms with E-state index in [2.05, 4.69) is 9.47 Å². The van der Waals surface area contributed by atoms with E-state index in [1.165, 1.54) is 6.08 Å². The van der Waals surface area contributed by atoms with Gasteiger partial charge in [0.1, 0.15) is 11.9 Å². The summed E-state index contributed by atoms with van der Waals surface area (Å²) < 4.78 is 9.19. The highest BCUT2D eigenvalue weighted by Crippen LogP contribution is 2.07. The van der Waals surface area contributed by atoms with E-state index in [0.29, 0.717) is 6.42 Å². The number of hydrogen-bond acceptors (Lipinski definition) is 4. The van der Waals surface area contributed by atoms with Crippen molar-refractivity contribution in [1.82, 2.24) is 0 Å². The van der Waals surface area contributed by atoms with Gasteiger partial charge >= 0.3 is 11.9 Å². The molecule has 76 valence electrons. The van der Waals surface area contributed by atoms with Crippen LogP contribution in [-0.2, 0) is 19.1 Å². The second kappa shape index (κ2) is 4.60. The molecule has 0 aromatic rings. The van der Waals surface area contributed by atoms with Crippen molar-refractivity contribution < 1.29 is 19.1 Å². The van der Waals surface area contributed by atoms with Crippen molar-refractivity contribution in [3.05, 3.63) is 24.0 Å². The van der Waals surface area contributed by atoms with Gasteiger partial charge in [-0.15, -0.1) is 0 Å². The van der Waals surface area contributed by atoms with Crippen molar-refractivity contribution in [2.24, 2.45) is 0 Å². The number of carbonyl (C=O) groups excluding carboxylic acids is 2. The van der Waals surface area contributed by atoms with Gasteiger partial charge in [-0.3, -0.25) is 4.79 Å². The minimum atomic E-state index is -0.229. The van der Waals surface area contributed by atoms with Gasteiger partial charge in [0, 0.05) is 6.08 Å². The number of carbonyl (C=O) groups is 2. The Balaban J connectivity index is 0.000000140. The van der Waals surface area contributed by atoms with E-state index in [0.717, 1.165) is 5.76 Å². The van der Waals surface area contributed by atoms with E-state index in [4.69, 9.17) is 0 Å². The molecular formula is C10H12O4. The van der Waals surface area contributed by atoms with Crippen molar-refractivity contribution in [2.75, 3.05) is 0 Å². The van der Waals surface area contributed by atoms with Gasteiger partial charge in [-0.1, -0.05) is 0 Å². The topological polar surface area (TPSA) is 52.6 Å². The number of allylic oxidation sites excluding steroid dienone is 1. The number of cyclic esters (lactones) is 2. The van der Waals surface area contributed by atoms with Crippen LogP contribution in [0.25, 0.3) is 0 Å². The first-order valence-corrected chi connectivity index (χ1v) is 4.34. The van der Waals surface area contributed by atoms with Gasteiger partial charge in [-0.2, -0.15) is 0 Å². The highest BCUT2D eigenvalue weighted by molar-refractivity contribution is 5.84. The molecule has 4 heteroatoms. The average molecular weight is 196 g/mol. The normalized spacial score (nSPS) is 23.6. The molecule has 1 atom stereocenters. The third kappa shape index (κ3) is 3.43. The van der Waals surface area contributed by atoms with Gasteiger partial charge < -0.3 is 9.47 Å². The highest BCUT2D eigenvalue weighted by Gasteiger charge is 2.09. The summed E-state index contributed by atoms with van der Waals surface area (Å²) in [5, 5.41) is 0. The molecule has 0 radical (unpaired) electrons. The SMILES string of the molecule is CC1=CCC(=O)O1.CC1C=CC(=O)O1. The first-order chi connectivity index (χ1) is 6.58. The fourth-order valence-electron chi connectivity index (χ4n) is 0.966. The van der Waals surface area contributed by atoms with Crippen LogP contribution in [0, 0.1) is 0 Å². The van der Waals surface area contributed by atoms with Crippen LogP contribution in [0.5, 0.6) is 0 Å². The van der Waals surface area contributed by atoms with E-state index >= 15 is 0 Å². The molecule has 0 bridgehead atoms. The van der Waals surface area contributed by atoms with Crippen molar-refractivity contribution in [3.8, 4) is 0 Å². The van der Waals surface area contributed by atoms with Gasteiger partial charge in [-0.05, 0) is 26.0 Å². The van der Waals surface area contributed by atoms with Crippen LogP contribution in [-0.4, -0.2) is 18.0 Å². The average Bonchev–Trinajstić information content (AvgIpc) is 2.63. The van der Waals surface area contributed by atoms with Gasteiger partial charge in [0.2, 0.25) is 0 Å². The molecule has 0 aromatic carbocycles. The fourth-order valence-corrected chi connectivity index (χ4v) is 0.966. The third-order valence-corrected chi connectivity index (χ3v) is 1.64. The number of ether oxygens (including phenoxy) is 2. The molecule has 0 spiro atoms. The Morgan fingerprint density at radius 3 is 2.29 bits per heavy atom. The first kappa shape index (κ1) is 10.5. The Morgan fingerprint density at radius 2 is 2.14 bits per heavy atom. The predicted octanol–water partition coefficient (Wildman–Crippen LogP) is 1.32. The molecule has 2 rings (SSSR count). The van der Waals surface area contributed by atoms with Crippen LogP contribution in [0.1, 0.15) is 20.3 Å². The second-order valence-electron chi connectivity index (χ2n) is 2.99. The molecule has 14 heavy (non-hydrogen) atoms. The fraction of sp³-hybridized carbons (Fsp3) is 0.400. The van der Waals surface area contributed by atoms with Crippen LogP contribution in [0.2, 0.25) is 0 Å². The number of hydrogen-bond donors (Lipinski definition) is 0. The molecule has 0 aliphatic carbocycles. The smallest absolute Gasteiger partial charge is 0.331 e. The Labute approximate surface area is 82.2 Å². The summed E-state index contributed by atoms with van der Waals surface area (Å²) in [6.07, 6.45) is 5.37. The van der Waals surface area contributed by atoms with E-state index in [1.807, 2.05) is 6.92 Å². The van der Waals surface area contributed by atoms with Gasteiger partial charge in [0.25, 0.3) is 0 Å².